The average Bonchev–Trinajstić information content (AvgIpc) is 3.00. The molecule has 0 spiro atoms. The zero-order valence-electron chi connectivity index (χ0n) is 14.6. The van der Waals surface area contributed by atoms with Gasteiger partial charge >= 0.3 is 5.97 Å². The van der Waals surface area contributed by atoms with Crippen molar-refractivity contribution in [2.75, 3.05) is 19.3 Å². The number of sulfonamides is 1. The van der Waals surface area contributed by atoms with Crippen molar-refractivity contribution in [3.8, 4) is 0 Å². The zero-order valence-corrected chi connectivity index (χ0v) is 17.7. The number of aromatic carboxylic acids is 1. The molecular formula is C18H19Cl2NO4S2. The van der Waals surface area contributed by atoms with Crippen molar-refractivity contribution < 1.29 is 18.3 Å². The second-order valence-corrected chi connectivity index (χ2v) is 9.92. The van der Waals surface area contributed by atoms with Crippen LogP contribution in [-0.4, -0.2) is 43.1 Å². The first-order chi connectivity index (χ1) is 12.6. The van der Waals surface area contributed by atoms with Gasteiger partial charge in [-0.1, -0.05) is 35.4 Å². The molecule has 0 atom stereocenters. The van der Waals surface area contributed by atoms with Crippen LogP contribution >= 0.6 is 34.5 Å². The molecule has 0 saturated heterocycles. The van der Waals surface area contributed by atoms with Crippen LogP contribution in [0.4, 0.5) is 0 Å². The summed E-state index contributed by atoms with van der Waals surface area (Å²) in [6, 6.07) is 8.44. The highest BCUT2D eigenvalue weighted by atomic mass is 35.5. The van der Waals surface area contributed by atoms with Gasteiger partial charge in [-0.05, 0) is 48.7 Å². The minimum atomic E-state index is -3.36. The number of carboxylic acids is 1. The van der Waals surface area contributed by atoms with Gasteiger partial charge in [0, 0.05) is 28.0 Å². The summed E-state index contributed by atoms with van der Waals surface area (Å²) in [5.41, 5.74) is 0.792. The van der Waals surface area contributed by atoms with Crippen LogP contribution < -0.4 is 0 Å². The Bertz CT molecular complexity index is 918. The van der Waals surface area contributed by atoms with E-state index in [1.165, 1.54) is 21.9 Å². The third-order valence-corrected chi connectivity index (χ3v) is 6.52. The number of carboxylic acid groups (broad SMARTS) is 1. The third-order valence-electron chi connectivity index (χ3n) is 3.68. The van der Waals surface area contributed by atoms with E-state index in [2.05, 4.69) is 0 Å². The summed E-state index contributed by atoms with van der Waals surface area (Å²) >= 11 is 13.1. The molecule has 0 unspecified atom stereocenters. The van der Waals surface area contributed by atoms with Crippen LogP contribution in [0.25, 0.3) is 6.08 Å². The normalized spacial score (nSPS) is 12.1. The molecule has 0 amide bonds. The Kier molecular flexibility index (Phi) is 7.88. The minimum absolute atomic E-state index is 0.230. The first-order valence-corrected chi connectivity index (χ1v) is 11.5. The van der Waals surface area contributed by atoms with Crippen LogP contribution in [0.2, 0.25) is 10.0 Å². The van der Waals surface area contributed by atoms with Crippen molar-refractivity contribution in [1.82, 2.24) is 4.31 Å². The van der Waals surface area contributed by atoms with E-state index in [-0.39, 0.29) is 11.4 Å². The van der Waals surface area contributed by atoms with Crippen LogP contribution in [0.1, 0.15) is 26.5 Å². The van der Waals surface area contributed by atoms with E-state index in [4.69, 9.17) is 28.3 Å². The van der Waals surface area contributed by atoms with Gasteiger partial charge in [-0.3, -0.25) is 0 Å². The van der Waals surface area contributed by atoms with Crippen molar-refractivity contribution in [3.05, 3.63) is 61.8 Å². The fraction of sp³-hybridized carbons (Fsp3) is 0.278. The van der Waals surface area contributed by atoms with Gasteiger partial charge in [0.15, 0.2) is 0 Å². The summed E-state index contributed by atoms with van der Waals surface area (Å²) in [5, 5.41) is 9.97. The number of carbonyl (C=O) groups is 1. The number of benzene rings is 1. The van der Waals surface area contributed by atoms with E-state index < -0.39 is 16.0 Å². The van der Waals surface area contributed by atoms with E-state index in [9.17, 15) is 13.2 Å². The Morgan fingerprint density at radius 2 is 1.89 bits per heavy atom. The van der Waals surface area contributed by atoms with E-state index in [1.807, 2.05) is 0 Å². The first-order valence-electron chi connectivity index (χ1n) is 8.05. The quantitative estimate of drug-likeness (QED) is 0.606. The van der Waals surface area contributed by atoms with Gasteiger partial charge in [-0.2, -0.15) is 4.31 Å². The van der Waals surface area contributed by atoms with Gasteiger partial charge in [-0.25, -0.2) is 13.2 Å². The van der Waals surface area contributed by atoms with Crippen LogP contribution in [0.5, 0.6) is 0 Å². The molecule has 2 aromatic rings. The van der Waals surface area contributed by atoms with Crippen LogP contribution in [0, 0.1) is 0 Å². The van der Waals surface area contributed by atoms with E-state index >= 15 is 0 Å². The molecular weight excluding hydrogens is 429 g/mol. The first kappa shape index (κ1) is 21.9. The molecule has 1 heterocycles. The van der Waals surface area contributed by atoms with Crippen molar-refractivity contribution in [3.63, 3.8) is 0 Å². The lowest BCUT2D eigenvalue weighted by atomic mass is 10.2. The monoisotopic (exact) mass is 447 g/mol. The molecule has 1 aromatic heterocycles. The minimum Gasteiger partial charge on any atom is -0.477 e. The topological polar surface area (TPSA) is 74.7 Å². The molecule has 1 aromatic carbocycles. The summed E-state index contributed by atoms with van der Waals surface area (Å²) in [6.45, 7) is 0.577. The third kappa shape index (κ3) is 7.27. The SMILES string of the molecule is CS(=O)(=O)N(C/C=C/c1cc(Cl)cc(Cl)c1)CCCc1ccc(C(=O)O)s1. The highest BCUT2D eigenvalue weighted by Gasteiger charge is 2.15. The van der Waals surface area contributed by atoms with E-state index in [0.29, 0.717) is 29.4 Å². The fourth-order valence-electron chi connectivity index (χ4n) is 2.43. The summed E-state index contributed by atoms with van der Waals surface area (Å²) in [5.74, 6) is -0.949. The lowest BCUT2D eigenvalue weighted by molar-refractivity contribution is 0.0702. The van der Waals surface area contributed by atoms with E-state index in [0.717, 1.165) is 10.4 Å². The summed E-state index contributed by atoms with van der Waals surface area (Å²) in [7, 11) is -3.36. The van der Waals surface area contributed by atoms with Gasteiger partial charge in [0.1, 0.15) is 4.88 Å². The number of halogens is 2. The van der Waals surface area contributed by atoms with E-state index in [1.54, 1.807) is 42.5 Å². The van der Waals surface area contributed by atoms with Crippen molar-refractivity contribution in [2.24, 2.45) is 0 Å². The Balaban J connectivity index is 1.94. The van der Waals surface area contributed by atoms with Crippen molar-refractivity contribution in [1.29, 1.82) is 0 Å². The molecule has 0 radical (unpaired) electrons. The molecule has 0 aliphatic heterocycles. The molecule has 0 bridgehead atoms. The van der Waals surface area contributed by atoms with Crippen LogP contribution in [-0.2, 0) is 16.4 Å². The number of rotatable bonds is 9. The highest BCUT2D eigenvalue weighted by molar-refractivity contribution is 7.88. The lowest BCUT2D eigenvalue weighted by Gasteiger charge is -2.17. The van der Waals surface area contributed by atoms with Gasteiger partial charge in [0.2, 0.25) is 10.0 Å². The molecule has 2 rings (SSSR count). The summed E-state index contributed by atoms with van der Waals surface area (Å²) < 4.78 is 25.4. The van der Waals surface area contributed by atoms with Gasteiger partial charge in [0.25, 0.3) is 0 Å². The molecule has 0 aliphatic rings. The standard InChI is InChI=1S/C18H19Cl2NO4S2/c1-27(24,25)21(8-2-4-13-10-14(19)12-15(20)11-13)9-3-5-16-6-7-17(26-16)18(22)23/h2,4,6-7,10-12H,3,5,8-9H2,1H3,(H,22,23)/b4-2+. The fourth-order valence-corrected chi connectivity index (χ4v) is 4.68. The number of aryl methyl sites for hydroxylation is 1. The molecule has 0 saturated carbocycles. The Morgan fingerprint density at radius 3 is 2.44 bits per heavy atom. The molecule has 27 heavy (non-hydrogen) atoms. The number of nitrogens with zero attached hydrogens (tertiary/aromatic N) is 1. The van der Waals surface area contributed by atoms with Gasteiger partial charge < -0.3 is 5.11 Å². The van der Waals surface area contributed by atoms with Crippen molar-refractivity contribution >= 4 is 56.6 Å². The summed E-state index contributed by atoms with van der Waals surface area (Å²) in [4.78, 5) is 12.1. The number of thiophene rings is 1. The Labute approximate surface area is 172 Å². The predicted octanol–water partition coefficient (Wildman–Crippen LogP) is 4.66. The van der Waals surface area contributed by atoms with Crippen LogP contribution in [0.3, 0.4) is 0 Å². The molecule has 5 nitrogen and oxygen atoms in total. The summed E-state index contributed by atoms with van der Waals surface area (Å²) in [6.07, 6.45) is 5.91. The van der Waals surface area contributed by atoms with Gasteiger partial charge in [-0.15, -0.1) is 11.3 Å². The number of hydrogen-bond acceptors (Lipinski definition) is 4. The molecule has 146 valence electrons. The molecule has 0 fully saturated rings. The number of hydrogen-bond donors (Lipinski definition) is 1. The molecule has 1 N–H and O–H groups in total. The average molecular weight is 448 g/mol. The largest absolute Gasteiger partial charge is 0.477 e. The molecule has 9 heteroatoms. The van der Waals surface area contributed by atoms with Crippen molar-refractivity contribution in [2.45, 2.75) is 12.8 Å². The second kappa shape index (κ2) is 9.71. The maximum atomic E-state index is 12.0. The predicted molar refractivity (Wildman–Crippen MR) is 112 cm³/mol. The second-order valence-electron chi connectivity index (χ2n) is 5.90. The molecule has 0 aliphatic carbocycles. The Hall–Kier alpha value is -1.38. The van der Waals surface area contributed by atoms with Crippen LogP contribution in [0.15, 0.2) is 36.4 Å². The smallest absolute Gasteiger partial charge is 0.345 e. The lowest BCUT2D eigenvalue weighted by Crippen LogP contribution is -2.31. The highest BCUT2D eigenvalue weighted by Crippen LogP contribution is 2.20. The maximum Gasteiger partial charge on any atom is 0.345 e. The zero-order chi connectivity index (χ0) is 20.0. The maximum absolute atomic E-state index is 12.0. The Morgan fingerprint density at radius 1 is 1.22 bits per heavy atom. The van der Waals surface area contributed by atoms with Gasteiger partial charge in [0.05, 0.1) is 6.26 Å².